The zero-order valence-electron chi connectivity index (χ0n) is 14.2. The number of pyridine rings is 1. The lowest BCUT2D eigenvalue weighted by atomic mass is 9.82. The molecule has 1 aromatic carbocycles. The van der Waals surface area contributed by atoms with Gasteiger partial charge < -0.3 is 0 Å². The van der Waals surface area contributed by atoms with E-state index in [1.807, 2.05) is 0 Å². The minimum absolute atomic E-state index is 0.786. The number of rotatable bonds is 1. The lowest BCUT2D eigenvalue weighted by molar-refractivity contribution is -0.672. The van der Waals surface area contributed by atoms with Crippen molar-refractivity contribution in [3.63, 3.8) is 0 Å². The SMILES string of the molecule is CCC1CCCc2cc3[n+](cc21)Cc1cc2c(cc1-3)CCCC2. The second-order valence-electron chi connectivity index (χ2n) is 7.75. The second-order valence-corrected chi connectivity index (χ2v) is 7.75. The van der Waals surface area contributed by atoms with E-state index in [0.717, 1.165) is 12.5 Å². The quantitative estimate of drug-likeness (QED) is 0.573. The van der Waals surface area contributed by atoms with Gasteiger partial charge in [-0.3, -0.25) is 0 Å². The van der Waals surface area contributed by atoms with Crippen molar-refractivity contribution in [3.8, 4) is 11.3 Å². The highest BCUT2D eigenvalue weighted by Crippen LogP contribution is 2.38. The van der Waals surface area contributed by atoms with Crippen molar-refractivity contribution in [3.05, 3.63) is 52.2 Å². The molecule has 2 aromatic rings. The summed E-state index contributed by atoms with van der Waals surface area (Å²) in [4.78, 5) is 0. The van der Waals surface area contributed by atoms with Gasteiger partial charge in [0.15, 0.2) is 12.7 Å². The Morgan fingerprint density at radius 3 is 2.52 bits per heavy atom. The highest BCUT2D eigenvalue weighted by atomic mass is 15.0. The standard InChI is InChI=1S/C22H26N/c1-2-15-8-5-9-18-12-22-20-11-17-7-4-3-6-16(17)10-19(20)13-23(22)14-21(15)18/h10-12,14-15H,2-9,13H2,1H3/q+1. The lowest BCUT2D eigenvalue weighted by Gasteiger charge is -2.23. The maximum atomic E-state index is 2.53. The fourth-order valence-corrected chi connectivity index (χ4v) is 5.11. The van der Waals surface area contributed by atoms with Crippen molar-refractivity contribution < 1.29 is 4.57 Å². The van der Waals surface area contributed by atoms with E-state index < -0.39 is 0 Å². The van der Waals surface area contributed by atoms with Gasteiger partial charge in [-0.25, -0.2) is 0 Å². The van der Waals surface area contributed by atoms with Gasteiger partial charge >= 0.3 is 0 Å². The number of benzene rings is 1. The van der Waals surface area contributed by atoms with Gasteiger partial charge in [-0.05, 0) is 86.1 Å². The molecule has 1 heteroatoms. The van der Waals surface area contributed by atoms with E-state index in [1.165, 1.54) is 62.6 Å². The van der Waals surface area contributed by atoms with Gasteiger partial charge in [0.1, 0.15) is 0 Å². The molecule has 0 N–H and O–H groups in total. The minimum atomic E-state index is 0.786. The van der Waals surface area contributed by atoms with Crippen LogP contribution >= 0.6 is 0 Å². The molecule has 0 amide bonds. The maximum absolute atomic E-state index is 2.53. The Bertz CT molecular complexity index is 787. The smallest absolute Gasteiger partial charge is 0.194 e. The monoisotopic (exact) mass is 304 g/mol. The first-order valence-electron chi connectivity index (χ1n) is 9.55. The molecule has 1 nitrogen and oxygen atoms in total. The molecule has 118 valence electrons. The first-order valence-corrected chi connectivity index (χ1v) is 9.55. The molecule has 2 aliphatic carbocycles. The van der Waals surface area contributed by atoms with E-state index in [9.17, 15) is 0 Å². The summed E-state index contributed by atoms with van der Waals surface area (Å²) in [6.07, 6.45) is 13.1. The largest absolute Gasteiger partial charge is 0.213 e. The van der Waals surface area contributed by atoms with Crippen LogP contribution in [0.25, 0.3) is 11.3 Å². The Morgan fingerprint density at radius 2 is 1.70 bits per heavy atom. The Hall–Kier alpha value is -1.63. The van der Waals surface area contributed by atoms with E-state index in [0.29, 0.717) is 0 Å². The van der Waals surface area contributed by atoms with Crippen LogP contribution in [0.15, 0.2) is 24.4 Å². The molecular weight excluding hydrogens is 278 g/mol. The molecule has 0 radical (unpaired) electrons. The molecule has 1 unspecified atom stereocenters. The molecular formula is C22H26N+. The summed E-state index contributed by atoms with van der Waals surface area (Å²) in [7, 11) is 0. The number of hydrogen-bond donors (Lipinski definition) is 0. The van der Waals surface area contributed by atoms with Crippen LogP contribution in [0.5, 0.6) is 0 Å². The molecule has 1 aromatic heterocycles. The van der Waals surface area contributed by atoms with Crippen molar-refractivity contribution in [2.75, 3.05) is 0 Å². The number of nitrogens with zero attached hydrogens (tertiary/aromatic N) is 1. The van der Waals surface area contributed by atoms with Crippen LogP contribution in [0.2, 0.25) is 0 Å². The number of hydrogen-bond acceptors (Lipinski definition) is 0. The van der Waals surface area contributed by atoms with Crippen molar-refractivity contribution in [2.24, 2.45) is 0 Å². The van der Waals surface area contributed by atoms with Gasteiger partial charge in [-0.2, -0.15) is 4.57 Å². The third-order valence-electron chi connectivity index (χ3n) is 6.40. The van der Waals surface area contributed by atoms with Crippen LogP contribution in [0.3, 0.4) is 0 Å². The fourth-order valence-electron chi connectivity index (χ4n) is 5.11. The van der Waals surface area contributed by atoms with E-state index in [2.05, 4.69) is 35.9 Å². The molecule has 0 bridgehead atoms. The van der Waals surface area contributed by atoms with Gasteiger partial charge in [0, 0.05) is 17.2 Å². The molecule has 2 heterocycles. The van der Waals surface area contributed by atoms with Crippen LogP contribution in [-0.2, 0) is 25.8 Å². The first-order chi connectivity index (χ1) is 11.3. The van der Waals surface area contributed by atoms with Crippen LogP contribution in [-0.4, -0.2) is 0 Å². The maximum Gasteiger partial charge on any atom is 0.213 e. The topological polar surface area (TPSA) is 3.88 Å². The van der Waals surface area contributed by atoms with Crippen molar-refractivity contribution >= 4 is 0 Å². The van der Waals surface area contributed by atoms with Crippen LogP contribution in [0, 0.1) is 0 Å². The summed E-state index contributed by atoms with van der Waals surface area (Å²) in [5.41, 5.74) is 11.1. The average molecular weight is 304 g/mol. The molecule has 3 aliphatic rings. The Kier molecular flexibility index (Phi) is 3.11. The number of aryl methyl sites for hydroxylation is 3. The second kappa shape index (κ2) is 5.19. The molecule has 1 atom stereocenters. The van der Waals surface area contributed by atoms with Crippen molar-refractivity contribution in [1.29, 1.82) is 0 Å². The van der Waals surface area contributed by atoms with Gasteiger partial charge in [-0.15, -0.1) is 0 Å². The van der Waals surface area contributed by atoms with Crippen LogP contribution in [0.4, 0.5) is 0 Å². The van der Waals surface area contributed by atoms with Crippen molar-refractivity contribution in [1.82, 2.24) is 0 Å². The van der Waals surface area contributed by atoms with E-state index >= 15 is 0 Å². The summed E-state index contributed by atoms with van der Waals surface area (Å²) in [6.45, 7) is 3.43. The van der Waals surface area contributed by atoms with Crippen LogP contribution < -0.4 is 4.57 Å². The van der Waals surface area contributed by atoms with E-state index in [1.54, 1.807) is 27.8 Å². The molecule has 0 saturated carbocycles. The minimum Gasteiger partial charge on any atom is -0.194 e. The van der Waals surface area contributed by atoms with Gasteiger partial charge in [0.25, 0.3) is 0 Å². The Morgan fingerprint density at radius 1 is 0.913 bits per heavy atom. The third-order valence-corrected chi connectivity index (χ3v) is 6.40. The Balaban J connectivity index is 1.64. The zero-order valence-corrected chi connectivity index (χ0v) is 14.2. The molecule has 23 heavy (non-hydrogen) atoms. The van der Waals surface area contributed by atoms with Gasteiger partial charge in [-0.1, -0.05) is 6.92 Å². The summed E-state index contributed by atoms with van der Waals surface area (Å²) < 4.78 is 2.53. The summed E-state index contributed by atoms with van der Waals surface area (Å²) in [5, 5.41) is 0. The number of fused-ring (bicyclic) bond motifs is 5. The molecule has 0 fully saturated rings. The summed E-state index contributed by atoms with van der Waals surface area (Å²) in [6, 6.07) is 7.57. The normalized spacial score (nSPS) is 21.3. The predicted molar refractivity (Wildman–Crippen MR) is 93.8 cm³/mol. The van der Waals surface area contributed by atoms with Gasteiger partial charge in [0.2, 0.25) is 5.69 Å². The fraction of sp³-hybridized carbons (Fsp3) is 0.500. The molecule has 1 aliphatic heterocycles. The lowest BCUT2D eigenvalue weighted by Crippen LogP contribution is -2.34. The zero-order chi connectivity index (χ0) is 15.4. The summed E-state index contributed by atoms with van der Waals surface area (Å²) in [5.74, 6) is 0.786. The predicted octanol–water partition coefficient (Wildman–Crippen LogP) is 4.71. The third kappa shape index (κ3) is 2.09. The van der Waals surface area contributed by atoms with E-state index in [4.69, 9.17) is 0 Å². The highest BCUT2D eigenvalue weighted by Gasteiger charge is 2.32. The molecule has 5 rings (SSSR count). The molecule has 0 saturated heterocycles. The molecule has 0 spiro atoms. The number of aromatic nitrogens is 1. The Labute approximate surface area is 139 Å². The highest BCUT2D eigenvalue weighted by molar-refractivity contribution is 5.66. The van der Waals surface area contributed by atoms with Gasteiger partial charge in [0.05, 0.1) is 5.56 Å². The summed E-state index contributed by atoms with van der Waals surface area (Å²) >= 11 is 0. The van der Waals surface area contributed by atoms with E-state index in [-0.39, 0.29) is 0 Å². The average Bonchev–Trinajstić information content (AvgIpc) is 2.93. The first kappa shape index (κ1) is 13.8. The van der Waals surface area contributed by atoms with Crippen molar-refractivity contribution in [2.45, 2.75) is 70.8 Å². The van der Waals surface area contributed by atoms with Crippen LogP contribution in [0.1, 0.15) is 72.8 Å².